The Balaban J connectivity index is 1.43. The van der Waals surface area contributed by atoms with Crippen molar-refractivity contribution < 1.29 is 19.1 Å². The van der Waals surface area contributed by atoms with Crippen molar-refractivity contribution in [3.8, 4) is 0 Å². The zero-order valence-electron chi connectivity index (χ0n) is 17.8. The molecule has 0 unspecified atom stereocenters. The average molecular weight is 432 g/mol. The molecule has 2 heterocycles. The van der Waals surface area contributed by atoms with E-state index < -0.39 is 18.5 Å². The molecule has 4 rings (SSSR count). The summed E-state index contributed by atoms with van der Waals surface area (Å²) < 4.78 is 5.31. The average Bonchev–Trinajstić information content (AvgIpc) is 3.32. The number of pyridine rings is 1. The van der Waals surface area contributed by atoms with Crippen LogP contribution in [0.5, 0.6) is 0 Å². The maximum atomic E-state index is 12.9. The third-order valence-corrected chi connectivity index (χ3v) is 5.15. The van der Waals surface area contributed by atoms with Gasteiger partial charge >= 0.3 is 5.97 Å². The Morgan fingerprint density at radius 1 is 0.969 bits per heavy atom. The molecule has 2 N–H and O–H groups in total. The Labute approximate surface area is 185 Å². The summed E-state index contributed by atoms with van der Waals surface area (Å²) >= 11 is 0. The van der Waals surface area contributed by atoms with Gasteiger partial charge in [-0.25, -0.2) is 9.78 Å². The summed E-state index contributed by atoms with van der Waals surface area (Å²) in [5, 5.41) is 6.17. The Bertz CT molecular complexity index is 1150. The Hall–Kier alpha value is -3.94. The van der Waals surface area contributed by atoms with E-state index in [-0.39, 0.29) is 5.91 Å². The number of carbonyl (C=O) groups excluding carboxylic acids is 3. The lowest BCUT2D eigenvalue weighted by molar-refractivity contribution is -0.119. The number of hydrogen-bond acceptors (Lipinski definition) is 6. The van der Waals surface area contributed by atoms with E-state index in [1.54, 1.807) is 30.3 Å². The maximum Gasteiger partial charge on any atom is 0.342 e. The minimum absolute atomic E-state index is 0.176. The van der Waals surface area contributed by atoms with Gasteiger partial charge in [0.2, 0.25) is 5.91 Å². The summed E-state index contributed by atoms with van der Waals surface area (Å²) in [5.74, 6) is -0.617. The Kier molecular flexibility index (Phi) is 6.30. The predicted octanol–water partition coefficient (Wildman–Crippen LogP) is 3.59. The van der Waals surface area contributed by atoms with E-state index in [1.807, 2.05) is 24.3 Å². The second-order valence-corrected chi connectivity index (χ2v) is 7.63. The van der Waals surface area contributed by atoms with Gasteiger partial charge in [0.25, 0.3) is 5.91 Å². The van der Waals surface area contributed by atoms with E-state index in [0.29, 0.717) is 22.8 Å². The molecular formula is C24H24N4O4. The molecule has 0 saturated carbocycles. The van der Waals surface area contributed by atoms with Gasteiger partial charge in [-0.05, 0) is 49.2 Å². The fourth-order valence-electron chi connectivity index (χ4n) is 3.67. The first-order chi connectivity index (χ1) is 15.5. The predicted molar refractivity (Wildman–Crippen MR) is 123 cm³/mol. The summed E-state index contributed by atoms with van der Waals surface area (Å²) in [7, 11) is 0. The molecule has 1 saturated heterocycles. The number of fused-ring (bicyclic) bond motifs is 1. The molecule has 1 aliphatic heterocycles. The van der Waals surface area contributed by atoms with Crippen molar-refractivity contribution in [2.24, 2.45) is 0 Å². The van der Waals surface area contributed by atoms with E-state index in [0.717, 1.165) is 36.8 Å². The van der Waals surface area contributed by atoms with Crippen molar-refractivity contribution in [3.05, 3.63) is 60.2 Å². The van der Waals surface area contributed by atoms with Crippen molar-refractivity contribution in [2.45, 2.75) is 19.8 Å². The molecule has 164 valence electrons. The van der Waals surface area contributed by atoms with Crippen molar-refractivity contribution in [1.82, 2.24) is 4.98 Å². The Morgan fingerprint density at radius 3 is 2.31 bits per heavy atom. The minimum Gasteiger partial charge on any atom is -0.452 e. The van der Waals surface area contributed by atoms with Crippen molar-refractivity contribution >= 4 is 45.9 Å². The zero-order valence-corrected chi connectivity index (χ0v) is 17.8. The monoisotopic (exact) mass is 432 g/mol. The maximum absolute atomic E-state index is 12.9. The first-order valence-corrected chi connectivity index (χ1v) is 10.5. The van der Waals surface area contributed by atoms with Gasteiger partial charge in [-0.2, -0.15) is 0 Å². The zero-order chi connectivity index (χ0) is 22.5. The first kappa shape index (κ1) is 21.3. The third kappa shape index (κ3) is 5.03. The van der Waals surface area contributed by atoms with Gasteiger partial charge in [-0.1, -0.05) is 18.2 Å². The van der Waals surface area contributed by atoms with E-state index in [4.69, 9.17) is 9.72 Å². The fraction of sp³-hybridized carbons (Fsp3) is 0.250. The number of anilines is 3. The van der Waals surface area contributed by atoms with Crippen molar-refractivity contribution in [3.63, 3.8) is 0 Å². The lowest BCUT2D eigenvalue weighted by Gasteiger charge is -2.20. The van der Waals surface area contributed by atoms with Crippen molar-refractivity contribution in [1.29, 1.82) is 0 Å². The van der Waals surface area contributed by atoms with Crippen LogP contribution in [0.3, 0.4) is 0 Å². The largest absolute Gasteiger partial charge is 0.452 e. The highest BCUT2D eigenvalue weighted by atomic mass is 16.5. The number of nitrogens with one attached hydrogen (secondary N) is 2. The van der Waals surface area contributed by atoms with Crippen LogP contribution in [-0.2, 0) is 14.3 Å². The summed E-state index contributed by atoms with van der Waals surface area (Å²) in [6.45, 7) is 2.67. The third-order valence-electron chi connectivity index (χ3n) is 5.15. The van der Waals surface area contributed by atoms with Crippen LogP contribution in [0, 0.1) is 0 Å². The van der Waals surface area contributed by atoms with Gasteiger partial charge in [0.05, 0.1) is 5.52 Å². The van der Waals surface area contributed by atoms with Gasteiger partial charge in [-0.15, -0.1) is 0 Å². The number of esters is 1. The van der Waals surface area contributed by atoms with E-state index in [1.165, 1.54) is 6.92 Å². The molecule has 2 aromatic carbocycles. The number of para-hydroxylation sites is 1. The second kappa shape index (κ2) is 9.47. The number of aromatic nitrogens is 1. The molecule has 1 aliphatic rings. The molecule has 0 atom stereocenters. The molecule has 8 nitrogen and oxygen atoms in total. The molecule has 0 bridgehead atoms. The lowest BCUT2D eigenvalue weighted by Crippen LogP contribution is -2.25. The molecule has 8 heteroatoms. The summed E-state index contributed by atoms with van der Waals surface area (Å²) in [6.07, 6.45) is 2.10. The SMILES string of the molecule is CC(=O)Nc1ccc(NC(=O)COC(=O)c2cc3ccccc3nc2N2CCCC2)cc1. The van der Waals surface area contributed by atoms with Crippen LogP contribution in [-0.4, -0.2) is 42.5 Å². The van der Waals surface area contributed by atoms with Gasteiger partial charge in [-0.3, -0.25) is 9.59 Å². The van der Waals surface area contributed by atoms with Crippen LogP contribution < -0.4 is 15.5 Å². The van der Waals surface area contributed by atoms with E-state index in [9.17, 15) is 14.4 Å². The normalized spacial score (nSPS) is 13.1. The number of hydrogen-bond donors (Lipinski definition) is 2. The topological polar surface area (TPSA) is 101 Å². The van der Waals surface area contributed by atoms with Crippen molar-refractivity contribution in [2.75, 3.05) is 35.2 Å². The van der Waals surface area contributed by atoms with Crippen LogP contribution in [0.1, 0.15) is 30.1 Å². The van der Waals surface area contributed by atoms with Crippen LogP contribution in [0.25, 0.3) is 10.9 Å². The molecule has 3 aromatic rings. The van der Waals surface area contributed by atoms with Gasteiger partial charge in [0, 0.05) is 36.8 Å². The highest BCUT2D eigenvalue weighted by Crippen LogP contribution is 2.27. The number of carbonyl (C=O) groups is 3. The Morgan fingerprint density at radius 2 is 1.62 bits per heavy atom. The second-order valence-electron chi connectivity index (χ2n) is 7.63. The van der Waals surface area contributed by atoms with Crippen LogP contribution in [0.2, 0.25) is 0 Å². The molecule has 1 fully saturated rings. The van der Waals surface area contributed by atoms with Crippen LogP contribution >= 0.6 is 0 Å². The minimum atomic E-state index is -0.582. The number of benzene rings is 2. The lowest BCUT2D eigenvalue weighted by atomic mass is 10.1. The quantitative estimate of drug-likeness (QED) is 0.578. The number of rotatable bonds is 6. The molecule has 32 heavy (non-hydrogen) atoms. The molecular weight excluding hydrogens is 408 g/mol. The van der Waals surface area contributed by atoms with Crippen LogP contribution in [0.15, 0.2) is 54.6 Å². The van der Waals surface area contributed by atoms with Gasteiger partial charge in [0.15, 0.2) is 6.61 Å². The van der Waals surface area contributed by atoms with E-state index in [2.05, 4.69) is 15.5 Å². The fourth-order valence-corrected chi connectivity index (χ4v) is 3.67. The highest BCUT2D eigenvalue weighted by molar-refractivity contribution is 6.01. The first-order valence-electron chi connectivity index (χ1n) is 10.5. The summed E-state index contributed by atoms with van der Waals surface area (Å²) in [4.78, 5) is 43.0. The van der Waals surface area contributed by atoms with Gasteiger partial charge < -0.3 is 20.3 Å². The summed E-state index contributed by atoms with van der Waals surface area (Å²) in [6, 6.07) is 16.0. The summed E-state index contributed by atoms with van der Waals surface area (Å²) in [5.41, 5.74) is 2.33. The standard InChI is InChI=1S/C24H24N4O4/c1-16(29)25-18-8-10-19(11-9-18)26-22(30)15-32-24(31)20-14-17-6-2-3-7-21(17)27-23(20)28-12-4-5-13-28/h2-3,6-11,14H,4-5,12-13,15H2,1H3,(H,25,29)(H,26,30). The number of amides is 2. The molecule has 0 spiro atoms. The highest BCUT2D eigenvalue weighted by Gasteiger charge is 2.23. The molecule has 1 aromatic heterocycles. The molecule has 0 radical (unpaired) electrons. The number of nitrogens with zero attached hydrogens (tertiary/aromatic N) is 2. The molecule has 2 amide bonds. The number of ether oxygens (including phenoxy) is 1. The van der Waals surface area contributed by atoms with E-state index >= 15 is 0 Å². The molecule has 0 aliphatic carbocycles. The van der Waals surface area contributed by atoms with Crippen LogP contribution in [0.4, 0.5) is 17.2 Å². The van der Waals surface area contributed by atoms with Gasteiger partial charge in [0.1, 0.15) is 11.4 Å². The smallest absolute Gasteiger partial charge is 0.342 e.